The molecule has 2 aliphatic heterocycles. The highest BCUT2D eigenvalue weighted by Crippen LogP contribution is 2.61. The van der Waals surface area contributed by atoms with Crippen LogP contribution in [0.5, 0.6) is 5.75 Å². The Hall–Kier alpha value is -2.06. The van der Waals surface area contributed by atoms with Crippen molar-refractivity contribution >= 4 is 46.0 Å². The molecule has 33 heavy (non-hydrogen) atoms. The number of rotatable bonds is 4. The first kappa shape index (κ1) is 24.1. The van der Waals surface area contributed by atoms with Crippen LogP contribution in [0.1, 0.15) is 45.6 Å². The summed E-state index contributed by atoms with van der Waals surface area (Å²) in [6.07, 6.45) is 3.03. The van der Waals surface area contributed by atoms with Crippen LogP contribution in [0.3, 0.4) is 0 Å². The van der Waals surface area contributed by atoms with Crippen molar-refractivity contribution in [3.8, 4) is 5.75 Å². The highest BCUT2D eigenvalue weighted by Gasteiger charge is 2.55. The zero-order chi connectivity index (χ0) is 23.8. The molecule has 1 unspecified atom stereocenters. The first-order valence-corrected chi connectivity index (χ1v) is 12.2. The number of benzene rings is 2. The van der Waals surface area contributed by atoms with Crippen LogP contribution in [-0.4, -0.2) is 31.4 Å². The van der Waals surface area contributed by atoms with Crippen molar-refractivity contribution in [3.63, 3.8) is 0 Å². The number of piperidine rings is 1. The molecule has 0 saturated carbocycles. The Morgan fingerprint density at radius 1 is 1.24 bits per heavy atom. The maximum Gasteiger partial charge on any atom is 0.185 e. The minimum atomic E-state index is -0.0841. The van der Waals surface area contributed by atoms with Crippen LogP contribution in [0, 0.1) is 5.41 Å². The zero-order valence-corrected chi connectivity index (χ0v) is 21.4. The van der Waals surface area contributed by atoms with Gasteiger partial charge >= 0.3 is 0 Å². The molecule has 2 aromatic carbocycles. The lowest BCUT2D eigenvalue weighted by Gasteiger charge is -2.45. The summed E-state index contributed by atoms with van der Waals surface area (Å²) in [5, 5.41) is 7.98. The Kier molecular flexibility index (Phi) is 6.78. The fourth-order valence-corrected chi connectivity index (χ4v) is 6.00. The number of nitrogens with one attached hydrogen (secondary N) is 3. The van der Waals surface area contributed by atoms with Crippen LogP contribution < -0.4 is 31.5 Å². The van der Waals surface area contributed by atoms with Crippen LogP contribution in [-0.2, 0) is 5.41 Å². The van der Waals surface area contributed by atoms with Gasteiger partial charge in [0.1, 0.15) is 5.75 Å². The summed E-state index contributed by atoms with van der Waals surface area (Å²) in [5.41, 5.74) is 6.74. The predicted octanol–water partition coefficient (Wildman–Crippen LogP) is 5.09. The maximum atomic E-state index is 6.99. The van der Waals surface area contributed by atoms with Gasteiger partial charge in [0.2, 0.25) is 0 Å². The molecule has 1 atom stereocenters. The van der Waals surface area contributed by atoms with E-state index in [1.165, 1.54) is 5.56 Å². The van der Waals surface area contributed by atoms with E-state index in [1.54, 1.807) is 7.11 Å². The van der Waals surface area contributed by atoms with Gasteiger partial charge in [-0.2, -0.15) is 0 Å². The molecule has 1 fully saturated rings. The van der Waals surface area contributed by atoms with Gasteiger partial charge in [-0.25, -0.2) is 5.84 Å². The third kappa shape index (κ3) is 4.39. The first-order chi connectivity index (χ1) is 15.7. The van der Waals surface area contributed by atoms with Gasteiger partial charge in [0.15, 0.2) is 5.11 Å². The predicted molar refractivity (Wildman–Crippen MR) is 142 cm³/mol. The number of nitrogens with two attached hydrogens (primary N) is 1. The number of anilines is 3. The molecule has 5 N–H and O–H groups in total. The van der Waals surface area contributed by atoms with Gasteiger partial charge in [-0.1, -0.05) is 44.5 Å². The summed E-state index contributed by atoms with van der Waals surface area (Å²) in [4.78, 5) is 2.44. The van der Waals surface area contributed by atoms with Gasteiger partial charge in [0.05, 0.1) is 24.2 Å². The lowest BCUT2D eigenvalue weighted by Crippen LogP contribution is -2.51. The number of nitrogens with zero attached hydrogens (tertiary/aromatic N) is 1. The Labute approximate surface area is 207 Å². The van der Waals surface area contributed by atoms with Gasteiger partial charge in [0.25, 0.3) is 0 Å². The number of halogens is 1. The zero-order valence-electron chi connectivity index (χ0n) is 19.8. The summed E-state index contributed by atoms with van der Waals surface area (Å²) in [6.45, 7) is 8.84. The second kappa shape index (κ2) is 9.29. The van der Waals surface area contributed by atoms with E-state index >= 15 is 0 Å². The van der Waals surface area contributed by atoms with E-state index in [9.17, 15) is 0 Å². The molecular formula is C25H34ClN5OS. The second-order valence-corrected chi connectivity index (χ2v) is 11.0. The third-order valence-electron chi connectivity index (χ3n) is 6.84. The average Bonchev–Trinajstić information content (AvgIpc) is 3.04. The largest absolute Gasteiger partial charge is 0.495 e. The molecular weight excluding hydrogens is 454 g/mol. The van der Waals surface area contributed by atoms with Gasteiger partial charge in [-0.15, -0.1) is 0 Å². The molecule has 178 valence electrons. The number of hydrogen-bond donors (Lipinski definition) is 4. The smallest absolute Gasteiger partial charge is 0.185 e. The van der Waals surface area contributed by atoms with Crippen LogP contribution in [0.2, 0.25) is 5.02 Å². The fourth-order valence-electron chi connectivity index (χ4n) is 5.55. The van der Waals surface area contributed by atoms with Crippen molar-refractivity contribution in [3.05, 3.63) is 47.0 Å². The van der Waals surface area contributed by atoms with Crippen molar-refractivity contribution in [2.45, 2.75) is 51.5 Å². The van der Waals surface area contributed by atoms with E-state index in [-0.39, 0.29) is 16.9 Å². The minimum absolute atomic E-state index is 0.0841. The molecule has 2 heterocycles. The fraction of sp³-hybridized carbons (Fsp3) is 0.480. The lowest BCUT2D eigenvalue weighted by molar-refractivity contribution is 0.216. The number of thiocarbonyl (C=S) groups is 1. The van der Waals surface area contributed by atoms with E-state index in [4.69, 9.17) is 34.4 Å². The molecule has 0 radical (unpaired) electrons. The van der Waals surface area contributed by atoms with Gasteiger partial charge < -0.3 is 25.7 Å². The quantitative estimate of drug-likeness (QED) is 0.272. The van der Waals surface area contributed by atoms with Crippen LogP contribution >= 0.6 is 23.8 Å². The minimum Gasteiger partial charge on any atom is -0.495 e. The van der Waals surface area contributed by atoms with E-state index in [1.807, 2.05) is 24.3 Å². The lowest BCUT2D eigenvalue weighted by atomic mass is 9.66. The number of fused-ring (bicyclic) bond motifs is 2. The Morgan fingerprint density at radius 3 is 2.58 bits per heavy atom. The standard InChI is InChI=1S/C25H34ClN5OS/c1-24(2,3)15-20-25(11-13-28-14-12-25)21-16(26)9-10-19(32-4)22(21)31(20)18-8-6-5-7-17(18)29-23(33)30-27/h5-10,20,28H,11-15,27H2,1-4H3,(H2,29,30,33). The van der Waals surface area contributed by atoms with Crippen LogP contribution in [0.25, 0.3) is 0 Å². The summed E-state index contributed by atoms with van der Waals surface area (Å²) in [6, 6.07) is 12.4. The Morgan fingerprint density at radius 2 is 1.94 bits per heavy atom. The SMILES string of the molecule is COc1ccc(Cl)c2c1N(c1ccccc1NC(=S)NN)C(CC(C)(C)C)C21CCNCC1. The first-order valence-electron chi connectivity index (χ1n) is 11.5. The van der Waals surface area contributed by atoms with Gasteiger partial charge in [-0.05, 0) is 74.3 Å². The van der Waals surface area contributed by atoms with Crippen LogP contribution in [0.4, 0.5) is 17.1 Å². The van der Waals surface area contributed by atoms with Crippen molar-refractivity contribution in [1.82, 2.24) is 10.7 Å². The second-order valence-electron chi connectivity index (χ2n) is 10.1. The van der Waals surface area contributed by atoms with E-state index in [0.717, 1.165) is 60.2 Å². The number of methoxy groups -OCH3 is 1. The Bertz CT molecular complexity index is 1030. The molecule has 6 nitrogen and oxygen atoms in total. The van der Waals surface area contributed by atoms with E-state index < -0.39 is 0 Å². The molecule has 4 rings (SSSR count). The number of hydrazine groups is 1. The van der Waals surface area contributed by atoms with Crippen molar-refractivity contribution in [1.29, 1.82) is 0 Å². The monoisotopic (exact) mass is 487 g/mol. The molecule has 1 saturated heterocycles. The summed E-state index contributed by atoms with van der Waals surface area (Å²) < 4.78 is 5.92. The summed E-state index contributed by atoms with van der Waals surface area (Å²) in [5.74, 6) is 6.41. The van der Waals surface area contributed by atoms with Crippen molar-refractivity contribution in [2.75, 3.05) is 30.4 Å². The topological polar surface area (TPSA) is 74.6 Å². The number of ether oxygens (including phenoxy) is 1. The Balaban J connectivity index is 2.00. The number of para-hydroxylation sites is 2. The highest BCUT2D eigenvalue weighted by atomic mass is 35.5. The molecule has 8 heteroatoms. The van der Waals surface area contributed by atoms with Crippen molar-refractivity contribution < 1.29 is 4.74 Å². The third-order valence-corrected chi connectivity index (χ3v) is 7.38. The molecule has 0 amide bonds. The maximum absolute atomic E-state index is 6.99. The molecule has 0 aliphatic carbocycles. The molecule has 1 spiro atoms. The molecule has 0 bridgehead atoms. The number of hydrogen-bond acceptors (Lipinski definition) is 5. The molecule has 2 aliphatic rings. The van der Waals surface area contributed by atoms with Crippen LogP contribution in [0.15, 0.2) is 36.4 Å². The van der Waals surface area contributed by atoms with Crippen molar-refractivity contribution in [2.24, 2.45) is 11.3 Å². The normalized spacial score (nSPS) is 19.3. The summed E-state index contributed by atoms with van der Waals surface area (Å²) >= 11 is 12.3. The average molecular weight is 488 g/mol. The van der Waals surface area contributed by atoms with Gasteiger partial charge in [0, 0.05) is 22.0 Å². The van der Waals surface area contributed by atoms with E-state index in [0.29, 0.717) is 5.11 Å². The van der Waals surface area contributed by atoms with E-state index in [2.05, 4.69) is 53.9 Å². The van der Waals surface area contributed by atoms with Gasteiger partial charge in [-0.3, -0.25) is 0 Å². The highest BCUT2D eigenvalue weighted by molar-refractivity contribution is 7.80. The molecule has 0 aromatic heterocycles. The summed E-state index contributed by atoms with van der Waals surface area (Å²) in [7, 11) is 1.73. The molecule has 2 aromatic rings.